The second-order valence-corrected chi connectivity index (χ2v) is 4.34. The van der Waals surface area contributed by atoms with Crippen molar-refractivity contribution in [1.82, 2.24) is 5.32 Å². The van der Waals surface area contributed by atoms with Crippen molar-refractivity contribution in [3.63, 3.8) is 0 Å². The number of hydrogen-bond acceptors (Lipinski definition) is 3. The summed E-state index contributed by atoms with van der Waals surface area (Å²) in [6.07, 6.45) is 6.98. The van der Waals surface area contributed by atoms with Crippen molar-refractivity contribution in [3.05, 3.63) is 47.3 Å². The molecule has 3 nitrogen and oxygen atoms in total. The second kappa shape index (κ2) is 5.94. The number of rotatable bonds is 6. The normalized spacial score (nSPS) is 12.8. The van der Waals surface area contributed by atoms with E-state index in [0.29, 0.717) is 5.22 Å². The van der Waals surface area contributed by atoms with Crippen LogP contribution in [0.2, 0.25) is 5.22 Å². The highest BCUT2D eigenvalue weighted by Gasteiger charge is 2.17. The Hall–Kier alpha value is -1.19. The van der Waals surface area contributed by atoms with Gasteiger partial charge < -0.3 is 14.2 Å². The van der Waals surface area contributed by atoms with Gasteiger partial charge in [-0.1, -0.05) is 6.92 Å². The molecule has 0 fully saturated rings. The molecule has 2 heterocycles. The Kier molecular flexibility index (Phi) is 4.29. The van der Waals surface area contributed by atoms with Crippen LogP contribution in [-0.4, -0.2) is 6.54 Å². The van der Waals surface area contributed by atoms with E-state index >= 15 is 0 Å². The van der Waals surface area contributed by atoms with Crippen LogP contribution in [0, 0.1) is 0 Å². The van der Waals surface area contributed by atoms with Crippen LogP contribution in [0.1, 0.15) is 30.5 Å². The zero-order valence-electron chi connectivity index (χ0n) is 9.78. The van der Waals surface area contributed by atoms with Gasteiger partial charge in [0, 0.05) is 11.6 Å². The first-order chi connectivity index (χ1) is 8.31. The Morgan fingerprint density at radius 2 is 2.24 bits per heavy atom. The van der Waals surface area contributed by atoms with Gasteiger partial charge in [-0.15, -0.1) is 0 Å². The molecule has 0 amide bonds. The number of halogens is 1. The Labute approximate surface area is 106 Å². The van der Waals surface area contributed by atoms with Crippen LogP contribution in [0.25, 0.3) is 0 Å². The highest BCUT2D eigenvalue weighted by Crippen LogP contribution is 2.26. The fourth-order valence-electron chi connectivity index (χ4n) is 1.81. The fraction of sp³-hybridized carbons (Fsp3) is 0.385. The zero-order valence-corrected chi connectivity index (χ0v) is 10.5. The van der Waals surface area contributed by atoms with Crippen LogP contribution in [0.3, 0.4) is 0 Å². The van der Waals surface area contributed by atoms with Crippen LogP contribution >= 0.6 is 11.6 Å². The minimum atomic E-state index is 0.166. The van der Waals surface area contributed by atoms with Gasteiger partial charge in [-0.3, -0.25) is 0 Å². The number of furan rings is 2. The Morgan fingerprint density at radius 3 is 2.82 bits per heavy atom. The van der Waals surface area contributed by atoms with Crippen molar-refractivity contribution >= 4 is 11.6 Å². The maximum absolute atomic E-state index is 6.02. The summed E-state index contributed by atoms with van der Waals surface area (Å²) < 4.78 is 10.2. The first kappa shape index (κ1) is 12.3. The van der Waals surface area contributed by atoms with Crippen molar-refractivity contribution in [2.75, 3.05) is 6.54 Å². The van der Waals surface area contributed by atoms with Crippen molar-refractivity contribution in [1.29, 1.82) is 0 Å². The van der Waals surface area contributed by atoms with E-state index in [-0.39, 0.29) is 6.04 Å². The van der Waals surface area contributed by atoms with Gasteiger partial charge in [0.15, 0.2) is 5.22 Å². The Morgan fingerprint density at radius 1 is 1.35 bits per heavy atom. The highest BCUT2D eigenvalue weighted by atomic mass is 35.5. The molecular weight excluding hydrogens is 238 g/mol. The summed E-state index contributed by atoms with van der Waals surface area (Å²) in [7, 11) is 0. The van der Waals surface area contributed by atoms with Crippen LogP contribution in [-0.2, 0) is 6.42 Å². The monoisotopic (exact) mass is 253 g/mol. The molecule has 0 saturated heterocycles. The minimum Gasteiger partial charge on any atom is -0.472 e. The van der Waals surface area contributed by atoms with Crippen LogP contribution in [0.4, 0.5) is 0 Å². The average molecular weight is 254 g/mol. The molecule has 92 valence electrons. The molecule has 0 aliphatic rings. The molecule has 0 aliphatic heterocycles. The van der Waals surface area contributed by atoms with Crippen LogP contribution < -0.4 is 5.32 Å². The molecule has 0 radical (unpaired) electrons. The summed E-state index contributed by atoms with van der Waals surface area (Å²) in [5.41, 5.74) is 2.15. The third-order valence-electron chi connectivity index (χ3n) is 2.68. The van der Waals surface area contributed by atoms with Crippen molar-refractivity contribution in [2.45, 2.75) is 25.8 Å². The fourth-order valence-corrected chi connectivity index (χ4v) is 2.06. The number of nitrogens with one attached hydrogen (secondary N) is 1. The first-order valence-electron chi connectivity index (χ1n) is 5.78. The third-order valence-corrected chi connectivity index (χ3v) is 2.99. The molecule has 0 aliphatic carbocycles. The predicted octanol–water partition coefficient (Wildman–Crippen LogP) is 3.81. The largest absolute Gasteiger partial charge is 0.472 e. The minimum absolute atomic E-state index is 0.166. The van der Waals surface area contributed by atoms with Gasteiger partial charge in [0.2, 0.25) is 0 Å². The zero-order chi connectivity index (χ0) is 12.1. The predicted molar refractivity (Wildman–Crippen MR) is 67.2 cm³/mol. The molecule has 0 spiro atoms. The molecule has 0 aromatic carbocycles. The third kappa shape index (κ3) is 3.14. The lowest BCUT2D eigenvalue weighted by Crippen LogP contribution is -2.23. The standard InChI is InChI=1S/C13H16ClNO2/c1-2-5-15-12(8-10-3-6-16-9-10)11-4-7-17-13(11)14/h3-4,6-7,9,12,15H,2,5,8H2,1H3. The van der Waals surface area contributed by atoms with Gasteiger partial charge in [-0.25, -0.2) is 0 Å². The molecule has 2 aromatic heterocycles. The van der Waals surface area contributed by atoms with Crippen molar-refractivity contribution in [3.8, 4) is 0 Å². The SMILES string of the molecule is CCCNC(Cc1ccoc1)c1ccoc1Cl. The smallest absolute Gasteiger partial charge is 0.197 e. The second-order valence-electron chi connectivity index (χ2n) is 3.99. The Balaban J connectivity index is 2.11. The maximum Gasteiger partial charge on any atom is 0.197 e. The van der Waals surface area contributed by atoms with E-state index in [9.17, 15) is 0 Å². The van der Waals surface area contributed by atoms with Crippen LogP contribution in [0.5, 0.6) is 0 Å². The summed E-state index contributed by atoms with van der Waals surface area (Å²) in [5.74, 6) is 0. The lowest BCUT2D eigenvalue weighted by Gasteiger charge is -2.16. The van der Waals surface area contributed by atoms with Crippen molar-refractivity contribution < 1.29 is 8.83 Å². The summed E-state index contributed by atoms with van der Waals surface area (Å²) in [5, 5.41) is 3.93. The number of hydrogen-bond donors (Lipinski definition) is 1. The van der Waals surface area contributed by atoms with Crippen LogP contribution in [0.15, 0.2) is 39.8 Å². The van der Waals surface area contributed by atoms with Gasteiger partial charge in [0.05, 0.1) is 18.8 Å². The summed E-state index contributed by atoms with van der Waals surface area (Å²) >= 11 is 6.02. The molecule has 1 atom stereocenters. The van der Waals surface area contributed by atoms with Gasteiger partial charge in [0.1, 0.15) is 0 Å². The quantitative estimate of drug-likeness (QED) is 0.851. The van der Waals surface area contributed by atoms with Gasteiger partial charge >= 0.3 is 0 Å². The van der Waals surface area contributed by atoms with E-state index < -0.39 is 0 Å². The molecule has 2 aromatic rings. The molecule has 17 heavy (non-hydrogen) atoms. The Bertz CT molecular complexity index is 436. The summed E-state index contributed by atoms with van der Waals surface area (Å²) in [6, 6.07) is 4.04. The lowest BCUT2D eigenvalue weighted by molar-refractivity contribution is 0.508. The molecule has 4 heteroatoms. The van der Waals surface area contributed by atoms with Gasteiger partial charge in [-0.2, -0.15) is 0 Å². The molecular formula is C13H16ClNO2. The summed E-state index contributed by atoms with van der Waals surface area (Å²) in [4.78, 5) is 0. The molecule has 1 N–H and O–H groups in total. The topological polar surface area (TPSA) is 38.3 Å². The first-order valence-corrected chi connectivity index (χ1v) is 6.16. The van der Waals surface area contributed by atoms with E-state index in [1.165, 1.54) is 0 Å². The van der Waals surface area contributed by atoms with E-state index in [4.69, 9.17) is 20.4 Å². The summed E-state index contributed by atoms with van der Waals surface area (Å²) in [6.45, 7) is 3.09. The van der Waals surface area contributed by atoms with E-state index in [2.05, 4.69) is 12.2 Å². The van der Waals surface area contributed by atoms with Crippen molar-refractivity contribution in [2.24, 2.45) is 0 Å². The van der Waals surface area contributed by atoms with Gasteiger partial charge in [0.25, 0.3) is 0 Å². The molecule has 0 saturated carbocycles. The molecule has 0 bridgehead atoms. The average Bonchev–Trinajstić information content (AvgIpc) is 2.95. The molecule has 2 rings (SSSR count). The maximum atomic E-state index is 6.02. The van der Waals surface area contributed by atoms with E-state index in [1.807, 2.05) is 12.1 Å². The highest BCUT2D eigenvalue weighted by molar-refractivity contribution is 6.29. The van der Waals surface area contributed by atoms with E-state index in [0.717, 1.165) is 30.5 Å². The lowest BCUT2D eigenvalue weighted by atomic mass is 10.0. The molecule has 1 unspecified atom stereocenters. The van der Waals surface area contributed by atoms with Gasteiger partial charge in [-0.05, 0) is 48.7 Å². The van der Waals surface area contributed by atoms with E-state index in [1.54, 1.807) is 18.8 Å².